The predicted molar refractivity (Wildman–Crippen MR) is 85.6 cm³/mol. The molecule has 1 unspecified atom stereocenters. The summed E-state index contributed by atoms with van der Waals surface area (Å²) in [6.07, 6.45) is 4.80. The molecule has 0 spiro atoms. The van der Waals surface area contributed by atoms with Gasteiger partial charge in [0.25, 0.3) is 10.2 Å². The largest absolute Gasteiger partial charge is 0.281 e. The molecule has 1 fully saturated rings. The van der Waals surface area contributed by atoms with Crippen LogP contribution in [0.25, 0.3) is 11.4 Å². The Balaban J connectivity index is 1.68. The van der Waals surface area contributed by atoms with E-state index in [-0.39, 0.29) is 5.92 Å². The molecule has 1 N–H and O–H groups in total. The quantitative estimate of drug-likeness (QED) is 0.860. The molecule has 8 nitrogen and oxygen atoms in total. The second-order valence-electron chi connectivity index (χ2n) is 5.87. The number of H-pyrrole nitrogens is 1. The van der Waals surface area contributed by atoms with E-state index in [9.17, 15) is 8.42 Å². The fraction of sp³-hybridized carbons (Fsp3) is 0.500. The second-order valence-corrected chi connectivity index (χ2v) is 8.01. The SMILES string of the molecule is CN(C)S(=O)(=O)N1CCC(Cc2cc(-c3ccn[nH]3)ncn2)C1. The van der Waals surface area contributed by atoms with Gasteiger partial charge in [-0.3, -0.25) is 5.10 Å². The molecule has 1 aliphatic heterocycles. The van der Waals surface area contributed by atoms with E-state index >= 15 is 0 Å². The molecule has 3 heterocycles. The van der Waals surface area contributed by atoms with Crippen LogP contribution in [0.4, 0.5) is 0 Å². The Bertz CT molecular complexity index is 759. The lowest BCUT2D eigenvalue weighted by Crippen LogP contribution is -2.38. The van der Waals surface area contributed by atoms with Crippen molar-refractivity contribution < 1.29 is 8.42 Å². The Morgan fingerprint density at radius 3 is 2.91 bits per heavy atom. The standard InChI is InChI=1S/C14H20N6O2S/c1-19(2)23(21,22)20-6-4-11(9-20)7-12-8-14(16-10-15-12)13-3-5-17-18-13/h3,5,8,10-11H,4,6-7,9H2,1-2H3,(H,17,18). The van der Waals surface area contributed by atoms with Gasteiger partial charge in [-0.25, -0.2) is 9.97 Å². The fourth-order valence-corrected chi connectivity index (χ4v) is 3.95. The number of rotatable bonds is 5. The summed E-state index contributed by atoms with van der Waals surface area (Å²) in [7, 11) is -0.206. The van der Waals surface area contributed by atoms with Gasteiger partial charge < -0.3 is 0 Å². The average molecular weight is 336 g/mol. The second kappa shape index (κ2) is 6.34. The summed E-state index contributed by atoms with van der Waals surface area (Å²) in [6, 6.07) is 3.78. The number of aromatic amines is 1. The van der Waals surface area contributed by atoms with Gasteiger partial charge in [0.2, 0.25) is 0 Å². The summed E-state index contributed by atoms with van der Waals surface area (Å²) in [5, 5.41) is 6.80. The van der Waals surface area contributed by atoms with E-state index < -0.39 is 10.2 Å². The number of hydrogen-bond donors (Lipinski definition) is 1. The van der Waals surface area contributed by atoms with Crippen molar-refractivity contribution in [2.24, 2.45) is 5.92 Å². The third kappa shape index (κ3) is 3.41. The average Bonchev–Trinajstić information content (AvgIpc) is 3.19. The highest BCUT2D eigenvalue weighted by Gasteiger charge is 2.32. The van der Waals surface area contributed by atoms with Crippen LogP contribution in [0.15, 0.2) is 24.7 Å². The summed E-state index contributed by atoms with van der Waals surface area (Å²) in [4.78, 5) is 8.55. The van der Waals surface area contributed by atoms with Crippen LogP contribution < -0.4 is 0 Å². The molecule has 2 aromatic rings. The summed E-state index contributed by atoms with van der Waals surface area (Å²) in [6.45, 7) is 1.09. The van der Waals surface area contributed by atoms with Crippen molar-refractivity contribution >= 4 is 10.2 Å². The van der Waals surface area contributed by atoms with Crippen LogP contribution in [0.2, 0.25) is 0 Å². The first-order chi connectivity index (χ1) is 11.0. The molecular weight excluding hydrogens is 316 g/mol. The predicted octanol–water partition coefficient (Wildman–Crippen LogP) is 0.537. The van der Waals surface area contributed by atoms with E-state index in [1.807, 2.05) is 12.1 Å². The number of nitrogens with zero attached hydrogens (tertiary/aromatic N) is 5. The molecule has 1 atom stereocenters. The van der Waals surface area contributed by atoms with Crippen molar-refractivity contribution in [3.8, 4) is 11.4 Å². The van der Waals surface area contributed by atoms with E-state index in [1.54, 1.807) is 20.3 Å². The van der Waals surface area contributed by atoms with Crippen LogP contribution in [0.5, 0.6) is 0 Å². The highest BCUT2D eigenvalue weighted by molar-refractivity contribution is 7.86. The smallest absolute Gasteiger partial charge is 0.276 e. The van der Waals surface area contributed by atoms with Crippen molar-refractivity contribution in [2.45, 2.75) is 12.8 Å². The third-order valence-corrected chi connectivity index (χ3v) is 5.94. The molecule has 0 amide bonds. The van der Waals surface area contributed by atoms with Gasteiger partial charge in [0.15, 0.2) is 0 Å². The van der Waals surface area contributed by atoms with E-state index in [0.29, 0.717) is 13.1 Å². The lowest BCUT2D eigenvalue weighted by Gasteiger charge is -2.20. The Morgan fingerprint density at radius 1 is 1.39 bits per heavy atom. The minimum Gasteiger partial charge on any atom is -0.276 e. The van der Waals surface area contributed by atoms with Gasteiger partial charge in [-0.15, -0.1) is 0 Å². The van der Waals surface area contributed by atoms with Crippen LogP contribution >= 0.6 is 0 Å². The molecule has 0 radical (unpaired) electrons. The molecular formula is C14H20N6O2S. The monoisotopic (exact) mass is 336 g/mol. The zero-order valence-corrected chi connectivity index (χ0v) is 14.0. The Hall–Kier alpha value is -1.84. The first kappa shape index (κ1) is 16.0. The molecule has 0 aliphatic carbocycles. The molecule has 0 saturated carbocycles. The van der Waals surface area contributed by atoms with Crippen molar-refractivity contribution in [3.05, 3.63) is 30.4 Å². The molecule has 0 bridgehead atoms. The van der Waals surface area contributed by atoms with Gasteiger partial charge in [-0.05, 0) is 30.9 Å². The van der Waals surface area contributed by atoms with Crippen LogP contribution in [0.1, 0.15) is 12.1 Å². The Kier molecular flexibility index (Phi) is 4.42. The van der Waals surface area contributed by atoms with Crippen molar-refractivity contribution in [2.75, 3.05) is 27.2 Å². The lowest BCUT2D eigenvalue weighted by atomic mass is 10.0. The molecule has 1 aliphatic rings. The number of hydrogen-bond acceptors (Lipinski definition) is 5. The third-order valence-electron chi connectivity index (χ3n) is 4.03. The Labute approximate surface area is 135 Å². The van der Waals surface area contributed by atoms with Gasteiger partial charge in [0, 0.05) is 39.1 Å². The molecule has 9 heteroatoms. The maximum atomic E-state index is 12.2. The highest BCUT2D eigenvalue weighted by atomic mass is 32.2. The van der Waals surface area contributed by atoms with Crippen molar-refractivity contribution in [3.63, 3.8) is 0 Å². The van der Waals surface area contributed by atoms with Gasteiger partial charge in [0.05, 0.1) is 11.4 Å². The minimum absolute atomic E-state index is 0.272. The van der Waals surface area contributed by atoms with Gasteiger partial charge >= 0.3 is 0 Å². The number of aromatic nitrogens is 4. The molecule has 1 saturated heterocycles. The van der Waals surface area contributed by atoms with Gasteiger partial charge in [-0.1, -0.05) is 0 Å². The van der Waals surface area contributed by atoms with Crippen LogP contribution in [-0.4, -0.2) is 64.4 Å². The van der Waals surface area contributed by atoms with E-state index in [1.165, 1.54) is 14.9 Å². The molecule has 3 rings (SSSR count). The maximum Gasteiger partial charge on any atom is 0.281 e. The summed E-state index contributed by atoms with van der Waals surface area (Å²) in [5.74, 6) is 0.272. The normalized spacial score (nSPS) is 19.5. The van der Waals surface area contributed by atoms with Crippen LogP contribution in [-0.2, 0) is 16.6 Å². The number of nitrogens with one attached hydrogen (secondary N) is 1. The zero-order chi connectivity index (χ0) is 16.4. The molecule has 0 aromatic carbocycles. The zero-order valence-electron chi connectivity index (χ0n) is 13.2. The van der Waals surface area contributed by atoms with Crippen molar-refractivity contribution in [1.29, 1.82) is 0 Å². The first-order valence-corrected chi connectivity index (χ1v) is 8.85. The van der Waals surface area contributed by atoms with Crippen LogP contribution in [0, 0.1) is 5.92 Å². The van der Waals surface area contributed by atoms with Gasteiger partial charge in [0.1, 0.15) is 6.33 Å². The Morgan fingerprint density at radius 2 is 2.22 bits per heavy atom. The summed E-state index contributed by atoms with van der Waals surface area (Å²) in [5.41, 5.74) is 2.55. The highest BCUT2D eigenvalue weighted by Crippen LogP contribution is 2.24. The van der Waals surface area contributed by atoms with E-state index in [0.717, 1.165) is 29.9 Å². The van der Waals surface area contributed by atoms with E-state index in [2.05, 4.69) is 20.2 Å². The molecule has 23 heavy (non-hydrogen) atoms. The minimum atomic E-state index is -3.32. The topological polar surface area (TPSA) is 95.1 Å². The maximum absolute atomic E-state index is 12.2. The molecule has 2 aromatic heterocycles. The first-order valence-electron chi connectivity index (χ1n) is 7.45. The fourth-order valence-electron chi connectivity index (χ4n) is 2.76. The van der Waals surface area contributed by atoms with E-state index in [4.69, 9.17) is 0 Å². The van der Waals surface area contributed by atoms with Gasteiger partial charge in [-0.2, -0.15) is 22.1 Å². The van der Waals surface area contributed by atoms with Crippen molar-refractivity contribution in [1.82, 2.24) is 28.8 Å². The summed E-state index contributed by atoms with van der Waals surface area (Å²) >= 11 is 0. The van der Waals surface area contributed by atoms with Crippen LogP contribution in [0.3, 0.4) is 0 Å². The summed E-state index contributed by atoms with van der Waals surface area (Å²) < 4.78 is 27.1. The molecule has 124 valence electrons. The lowest BCUT2D eigenvalue weighted by molar-refractivity contribution is 0.409.